The number of piperazine rings is 1. The zero-order valence-corrected chi connectivity index (χ0v) is 15.3. The fourth-order valence-electron chi connectivity index (χ4n) is 2.71. The first kappa shape index (κ1) is 17.5. The molecule has 2 N–H and O–H groups in total. The highest BCUT2D eigenvalue weighted by atomic mass is 32.2. The van der Waals surface area contributed by atoms with Crippen molar-refractivity contribution >= 4 is 32.9 Å². The number of anilines is 4. The van der Waals surface area contributed by atoms with Gasteiger partial charge in [-0.2, -0.15) is 0 Å². The van der Waals surface area contributed by atoms with E-state index in [0.717, 1.165) is 43.8 Å². The second-order valence-corrected chi connectivity index (χ2v) is 8.02. The van der Waals surface area contributed by atoms with Gasteiger partial charge in [-0.25, -0.2) is 13.4 Å². The molecule has 2 heterocycles. The number of nitrogens with zero attached hydrogens (tertiary/aromatic N) is 3. The molecule has 0 amide bonds. The van der Waals surface area contributed by atoms with Crippen molar-refractivity contribution in [1.29, 1.82) is 0 Å². The van der Waals surface area contributed by atoms with E-state index >= 15 is 0 Å². The van der Waals surface area contributed by atoms with Crippen molar-refractivity contribution in [2.75, 3.05) is 54.4 Å². The van der Waals surface area contributed by atoms with Crippen LogP contribution in [-0.2, 0) is 10.0 Å². The van der Waals surface area contributed by atoms with Gasteiger partial charge >= 0.3 is 0 Å². The van der Waals surface area contributed by atoms with Crippen LogP contribution in [0, 0.1) is 0 Å². The van der Waals surface area contributed by atoms with Crippen LogP contribution in [0.25, 0.3) is 0 Å². The average Bonchev–Trinajstić information content (AvgIpc) is 2.57. The minimum atomic E-state index is -3.31. The molecule has 0 unspecified atom stereocenters. The largest absolute Gasteiger partial charge is 0.369 e. The van der Waals surface area contributed by atoms with Crippen molar-refractivity contribution in [2.24, 2.45) is 0 Å². The molecule has 3 rings (SSSR count). The third kappa shape index (κ3) is 5.07. The standard InChI is InChI=1S/C17H23N5O2S/c1-21-9-11-22(12-10-21)16-6-3-14(4-7-16)19-15-5-8-17(18-13-15)20-25(2,23)24/h3-8,13,19H,9-12H2,1-2H3,(H,18,20). The van der Waals surface area contributed by atoms with E-state index in [9.17, 15) is 8.42 Å². The molecule has 0 aliphatic carbocycles. The highest BCUT2D eigenvalue weighted by Gasteiger charge is 2.13. The van der Waals surface area contributed by atoms with Gasteiger partial charge in [0.25, 0.3) is 0 Å². The molecule has 1 saturated heterocycles. The van der Waals surface area contributed by atoms with E-state index in [-0.39, 0.29) is 0 Å². The number of nitrogens with one attached hydrogen (secondary N) is 2. The minimum Gasteiger partial charge on any atom is -0.369 e. The lowest BCUT2D eigenvalue weighted by Gasteiger charge is -2.34. The summed E-state index contributed by atoms with van der Waals surface area (Å²) in [4.78, 5) is 8.81. The Morgan fingerprint density at radius 1 is 0.960 bits per heavy atom. The van der Waals surface area contributed by atoms with E-state index in [0.29, 0.717) is 5.82 Å². The maximum atomic E-state index is 11.2. The number of rotatable bonds is 5. The predicted molar refractivity (Wildman–Crippen MR) is 102 cm³/mol. The van der Waals surface area contributed by atoms with Crippen molar-refractivity contribution < 1.29 is 8.42 Å². The first-order valence-electron chi connectivity index (χ1n) is 8.13. The zero-order valence-electron chi connectivity index (χ0n) is 14.4. The number of hydrogen-bond donors (Lipinski definition) is 2. The van der Waals surface area contributed by atoms with Crippen LogP contribution in [0.5, 0.6) is 0 Å². The normalized spacial score (nSPS) is 15.8. The monoisotopic (exact) mass is 361 g/mol. The van der Waals surface area contributed by atoms with Crippen LogP contribution in [0.3, 0.4) is 0 Å². The van der Waals surface area contributed by atoms with Gasteiger partial charge in [0.15, 0.2) is 0 Å². The van der Waals surface area contributed by atoms with Gasteiger partial charge < -0.3 is 15.1 Å². The van der Waals surface area contributed by atoms with Gasteiger partial charge in [0.2, 0.25) is 10.0 Å². The van der Waals surface area contributed by atoms with E-state index in [1.807, 2.05) is 12.1 Å². The summed E-state index contributed by atoms with van der Waals surface area (Å²) in [5.41, 5.74) is 2.99. The molecule has 1 aliphatic heterocycles. The summed E-state index contributed by atoms with van der Waals surface area (Å²) >= 11 is 0. The predicted octanol–water partition coefficient (Wildman–Crippen LogP) is 1.95. The Kier molecular flexibility index (Phi) is 5.10. The molecule has 0 saturated carbocycles. The first-order valence-corrected chi connectivity index (χ1v) is 10.0. The Labute approximate surface area is 148 Å². The van der Waals surface area contributed by atoms with Gasteiger partial charge in [0.05, 0.1) is 18.1 Å². The molecule has 7 nitrogen and oxygen atoms in total. The number of benzene rings is 1. The second-order valence-electron chi connectivity index (χ2n) is 6.27. The lowest BCUT2D eigenvalue weighted by molar-refractivity contribution is 0.313. The fraction of sp³-hybridized carbons (Fsp3) is 0.353. The van der Waals surface area contributed by atoms with Crippen molar-refractivity contribution in [3.8, 4) is 0 Å². The maximum absolute atomic E-state index is 11.2. The van der Waals surface area contributed by atoms with Crippen molar-refractivity contribution in [1.82, 2.24) is 9.88 Å². The van der Waals surface area contributed by atoms with E-state index in [2.05, 4.69) is 44.0 Å². The van der Waals surface area contributed by atoms with Gasteiger partial charge in [-0.1, -0.05) is 0 Å². The molecular weight excluding hydrogens is 338 g/mol. The van der Waals surface area contributed by atoms with E-state index < -0.39 is 10.0 Å². The molecule has 1 aromatic carbocycles. The summed E-state index contributed by atoms with van der Waals surface area (Å²) in [5, 5.41) is 3.26. The molecule has 134 valence electrons. The molecule has 8 heteroatoms. The summed E-state index contributed by atoms with van der Waals surface area (Å²) < 4.78 is 24.7. The van der Waals surface area contributed by atoms with Crippen LogP contribution in [0.4, 0.5) is 22.9 Å². The molecule has 0 atom stereocenters. The highest BCUT2D eigenvalue weighted by molar-refractivity contribution is 7.92. The van der Waals surface area contributed by atoms with Gasteiger partial charge in [0, 0.05) is 37.6 Å². The first-order chi connectivity index (χ1) is 11.9. The Balaban J connectivity index is 1.61. The van der Waals surface area contributed by atoms with Crippen LogP contribution in [0.15, 0.2) is 42.6 Å². The van der Waals surface area contributed by atoms with Crippen LogP contribution < -0.4 is 14.9 Å². The molecule has 1 aliphatic rings. The fourth-order valence-corrected chi connectivity index (χ4v) is 3.21. The van der Waals surface area contributed by atoms with Crippen molar-refractivity contribution in [3.05, 3.63) is 42.6 Å². The van der Waals surface area contributed by atoms with Crippen LogP contribution in [0.2, 0.25) is 0 Å². The quantitative estimate of drug-likeness (QED) is 0.848. The summed E-state index contributed by atoms with van der Waals surface area (Å²) in [5.74, 6) is 0.304. The molecular formula is C17H23N5O2S. The van der Waals surface area contributed by atoms with E-state index in [4.69, 9.17) is 0 Å². The van der Waals surface area contributed by atoms with Crippen LogP contribution in [-0.4, -0.2) is 57.8 Å². The summed E-state index contributed by atoms with van der Waals surface area (Å²) in [6, 6.07) is 11.7. The molecule has 2 aromatic rings. The third-order valence-electron chi connectivity index (χ3n) is 4.08. The molecule has 1 fully saturated rings. The second kappa shape index (κ2) is 7.28. The summed E-state index contributed by atoms with van der Waals surface area (Å²) in [6.07, 6.45) is 2.70. The lowest BCUT2D eigenvalue weighted by atomic mass is 10.2. The molecule has 1 aromatic heterocycles. The summed E-state index contributed by atoms with van der Waals surface area (Å²) in [6.45, 7) is 4.25. The molecule has 25 heavy (non-hydrogen) atoms. The lowest BCUT2D eigenvalue weighted by Crippen LogP contribution is -2.44. The molecule has 0 bridgehead atoms. The number of likely N-dealkylation sites (N-methyl/N-ethyl adjacent to an activating group) is 1. The number of aromatic nitrogens is 1. The molecule has 0 radical (unpaired) electrons. The van der Waals surface area contributed by atoms with Crippen molar-refractivity contribution in [2.45, 2.75) is 0 Å². The Morgan fingerprint density at radius 2 is 1.60 bits per heavy atom. The minimum absolute atomic E-state index is 0.304. The van der Waals surface area contributed by atoms with Crippen molar-refractivity contribution in [3.63, 3.8) is 0 Å². The van der Waals surface area contributed by atoms with Crippen LogP contribution >= 0.6 is 0 Å². The topological polar surface area (TPSA) is 77.6 Å². The number of sulfonamides is 1. The smallest absolute Gasteiger partial charge is 0.230 e. The molecule has 0 spiro atoms. The Bertz CT molecular complexity index is 798. The summed E-state index contributed by atoms with van der Waals surface area (Å²) in [7, 11) is -1.16. The van der Waals surface area contributed by atoms with E-state index in [1.54, 1.807) is 18.3 Å². The Morgan fingerprint density at radius 3 is 2.16 bits per heavy atom. The highest BCUT2D eigenvalue weighted by Crippen LogP contribution is 2.22. The van der Waals surface area contributed by atoms with Gasteiger partial charge in [-0.05, 0) is 43.4 Å². The van der Waals surface area contributed by atoms with Crippen LogP contribution in [0.1, 0.15) is 0 Å². The van der Waals surface area contributed by atoms with Gasteiger partial charge in [-0.3, -0.25) is 4.72 Å². The Hall–Kier alpha value is -2.32. The zero-order chi connectivity index (χ0) is 17.9. The number of pyridine rings is 1. The number of hydrogen-bond acceptors (Lipinski definition) is 6. The maximum Gasteiger partial charge on any atom is 0.230 e. The van der Waals surface area contributed by atoms with Gasteiger partial charge in [-0.15, -0.1) is 0 Å². The van der Waals surface area contributed by atoms with Gasteiger partial charge in [0.1, 0.15) is 5.82 Å². The average molecular weight is 361 g/mol. The SMILES string of the molecule is CN1CCN(c2ccc(Nc3ccc(NS(C)(=O)=O)nc3)cc2)CC1. The van der Waals surface area contributed by atoms with E-state index in [1.165, 1.54) is 5.69 Å². The third-order valence-corrected chi connectivity index (χ3v) is 4.66.